The fourth-order valence-electron chi connectivity index (χ4n) is 3.75. The second-order valence-corrected chi connectivity index (χ2v) is 7.06. The Hall–Kier alpha value is -3.09. The number of hydrogen-bond donors (Lipinski definition) is 0. The van der Waals surface area contributed by atoms with Crippen LogP contribution in [-0.4, -0.2) is 23.1 Å². The van der Waals surface area contributed by atoms with Gasteiger partial charge in [-0.2, -0.15) is 4.98 Å². The van der Waals surface area contributed by atoms with Gasteiger partial charge in [0, 0.05) is 30.7 Å². The molecule has 1 aromatic carbocycles. The Morgan fingerprint density at radius 3 is 2.48 bits per heavy atom. The van der Waals surface area contributed by atoms with Crippen molar-refractivity contribution >= 4 is 16.9 Å². The van der Waals surface area contributed by atoms with Gasteiger partial charge in [-0.15, -0.1) is 0 Å². The molecule has 0 aliphatic carbocycles. The molecule has 3 aromatic heterocycles. The molecule has 0 unspecified atom stereocenters. The van der Waals surface area contributed by atoms with Crippen LogP contribution in [0, 0.1) is 20.8 Å². The second kappa shape index (κ2) is 5.97. The van der Waals surface area contributed by atoms with Crippen LogP contribution in [0.1, 0.15) is 30.3 Å². The van der Waals surface area contributed by atoms with E-state index >= 15 is 0 Å². The first-order valence-corrected chi connectivity index (χ1v) is 9.13. The smallest absolute Gasteiger partial charge is 0.283 e. The van der Waals surface area contributed by atoms with Crippen LogP contribution in [0.4, 0.5) is 0 Å². The molecule has 140 valence electrons. The van der Waals surface area contributed by atoms with Gasteiger partial charge in [0.15, 0.2) is 11.2 Å². The van der Waals surface area contributed by atoms with E-state index < -0.39 is 0 Å². The molecular formula is C20H23N5O2. The third-order valence-corrected chi connectivity index (χ3v) is 5.23. The Labute approximate surface area is 156 Å². The summed E-state index contributed by atoms with van der Waals surface area (Å²) in [5, 5.41) is 0. The molecule has 7 heteroatoms. The summed E-state index contributed by atoms with van der Waals surface area (Å²) in [6.07, 6.45) is 0.713. The summed E-state index contributed by atoms with van der Waals surface area (Å²) in [5.74, 6) is 0.645. The van der Waals surface area contributed by atoms with Crippen molar-refractivity contribution in [2.75, 3.05) is 0 Å². The Morgan fingerprint density at radius 1 is 1.07 bits per heavy atom. The van der Waals surface area contributed by atoms with E-state index in [4.69, 9.17) is 4.98 Å². The lowest BCUT2D eigenvalue weighted by atomic mass is 10.2. The molecule has 0 fully saturated rings. The van der Waals surface area contributed by atoms with Crippen molar-refractivity contribution in [3.8, 4) is 5.69 Å². The standard InChI is InChI=1S/C20H23N5O2/c1-6-10-23-18(26)16-17(22(5)20(23)27)21-19-24(13(3)14(4)25(16)19)15-9-7-8-12(2)11-15/h7-9,11H,6,10H2,1-5H3. The van der Waals surface area contributed by atoms with Crippen molar-refractivity contribution in [3.05, 3.63) is 62.1 Å². The molecule has 0 spiro atoms. The summed E-state index contributed by atoms with van der Waals surface area (Å²) < 4.78 is 6.68. The number of aromatic nitrogens is 5. The van der Waals surface area contributed by atoms with Crippen molar-refractivity contribution in [1.82, 2.24) is 23.1 Å². The number of rotatable bonds is 3. The van der Waals surface area contributed by atoms with Gasteiger partial charge < -0.3 is 0 Å². The highest BCUT2D eigenvalue weighted by molar-refractivity contribution is 5.77. The van der Waals surface area contributed by atoms with Gasteiger partial charge in [-0.25, -0.2) is 4.79 Å². The van der Waals surface area contributed by atoms with Gasteiger partial charge in [0.25, 0.3) is 5.56 Å². The maximum atomic E-state index is 13.1. The average Bonchev–Trinajstić information content (AvgIpc) is 3.13. The number of imidazole rings is 2. The molecule has 27 heavy (non-hydrogen) atoms. The minimum absolute atomic E-state index is 0.285. The largest absolute Gasteiger partial charge is 0.332 e. The van der Waals surface area contributed by atoms with E-state index in [9.17, 15) is 9.59 Å². The van der Waals surface area contributed by atoms with E-state index in [0.29, 0.717) is 29.9 Å². The quantitative estimate of drug-likeness (QED) is 0.560. The van der Waals surface area contributed by atoms with Crippen molar-refractivity contribution in [3.63, 3.8) is 0 Å². The zero-order valence-electron chi connectivity index (χ0n) is 16.3. The highest BCUT2D eigenvalue weighted by Crippen LogP contribution is 2.24. The van der Waals surface area contributed by atoms with Gasteiger partial charge in [0.2, 0.25) is 5.78 Å². The topological polar surface area (TPSA) is 66.2 Å². The van der Waals surface area contributed by atoms with Crippen LogP contribution in [0.15, 0.2) is 33.9 Å². The van der Waals surface area contributed by atoms with Crippen molar-refractivity contribution < 1.29 is 0 Å². The van der Waals surface area contributed by atoms with Crippen molar-refractivity contribution in [2.45, 2.75) is 40.7 Å². The molecule has 0 saturated heterocycles. The van der Waals surface area contributed by atoms with Gasteiger partial charge in [-0.3, -0.25) is 22.9 Å². The molecule has 0 amide bonds. The van der Waals surface area contributed by atoms with Crippen molar-refractivity contribution in [1.29, 1.82) is 0 Å². The summed E-state index contributed by atoms with van der Waals surface area (Å²) in [7, 11) is 1.67. The summed E-state index contributed by atoms with van der Waals surface area (Å²) in [5.41, 5.74) is 4.33. The number of nitrogens with zero attached hydrogens (tertiary/aromatic N) is 5. The Balaban J connectivity index is 2.21. The monoisotopic (exact) mass is 365 g/mol. The summed E-state index contributed by atoms with van der Waals surface area (Å²) in [6, 6.07) is 8.15. The maximum absolute atomic E-state index is 13.1. The molecule has 0 atom stereocenters. The molecule has 0 aliphatic rings. The lowest BCUT2D eigenvalue weighted by Gasteiger charge is -2.08. The third kappa shape index (κ3) is 2.31. The molecule has 0 N–H and O–H groups in total. The van der Waals surface area contributed by atoms with Crippen LogP contribution in [0.2, 0.25) is 0 Å². The highest BCUT2D eigenvalue weighted by Gasteiger charge is 2.22. The molecule has 4 aromatic rings. The lowest BCUT2D eigenvalue weighted by Crippen LogP contribution is -2.39. The molecule has 4 rings (SSSR count). The number of benzene rings is 1. The Kier molecular flexibility index (Phi) is 3.83. The Morgan fingerprint density at radius 2 is 1.81 bits per heavy atom. The zero-order chi connectivity index (χ0) is 19.5. The first kappa shape index (κ1) is 17.3. The summed E-state index contributed by atoms with van der Waals surface area (Å²) in [6.45, 7) is 8.38. The first-order valence-electron chi connectivity index (χ1n) is 9.13. The fraction of sp³-hybridized carbons (Fsp3) is 0.350. The van der Waals surface area contributed by atoms with Gasteiger partial charge in [-0.05, 0) is 44.9 Å². The molecule has 7 nitrogen and oxygen atoms in total. The minimum atomic E-state index is -0.327. The van der Waals surface area contributed by atoms with E-state index in [1.807, 2.05) is 54.9 Å². The third-order valence-electron chi connectivity index (χ3n) is 5.23. The SMILES string of the molecule is CCCn1c(=O)c2c(nc3n(-c4cccc(C)c4)c(C)c(C)n23)n(C)c1=O. The van der Waals surface area contributed by atoms with Gasteiger partial charge in [-0.1, -0.05) is 19.1 Å². The van der Waals surface area contributed by atoms with E-state index in [2.05, 4.69) is 6.07 Å². The first-order chi connectivity index (χ1) is 12.9. The van der Waals surface area contributed by atoms with Crippen molar-refractivity contribution in [2.24, 2.45) is 7.05 Å². The maximum Gasteiger partial charge on any atom is 0.332 e. The fourth-order valence-corrected chi connectivity index (χ4v) is 3.75. The van der Waals surface area contributed by atoms with Gasteiger partial charge >= 0.3 is 5.69 Å². The van der Waals surface area contributed by atoms with Gasteiger partial charge in [0.05, 0.1) is 0 Å². The van der Waals surface area contributed by atoms with E-state index in [-0.39, 0.29) is 11.2 Å². The average molecular weight is 365 g/mol. The number of aryl methyl sites for hydroxylation is 3. The molecule has 3 heterocycles. The number of fused-ring (bicyclic) bond motifs is 3. The summed E-state index contributed by atoms with van der Waals surface area (Å²) in [4.78, 5) is 30.4. The predicted molar refractivity (Wildman–Crippen MR) is 106 cm³/mol. The van der Waals surface area contributed by atoms with Crippen LogP contribution in [-0.2, 0) is 13.6 Å². The highest BCUT2D eigenvalue weighted by atomic mass is 16.2. The minimum Gasteiger partial charge on any atom is -0.283 e. The molecular weight excluding hydrogens is 342 g/mol. The van der Waals surface area contributed by atoms with Crippen LogP contribution >= 0.6 is 0 Å². The number of hydrogen-bond acceptors (Lipinski definition) is 3. The molecule has 0 radical (unpaired) electrons. The van der Waals surface area contributed by atoms with Crippen LogP contribution in [0.25, 0.3) is 22.6 Å². The van der Waals surface area contributed by atoms with E-state index in [0.717, 1.165) is 22.6 Å². The normalized spacial score (nSPS) is 11.7. The van der Waals surface area contributed by atoms with Gasteiger partial charge in [0.1, 0.15) is 0 Å². The second-order valence-electron chi connectivity index (χ2n) is 7.06. The molecule has 0 aliphatic heterocycles. The predicted octanol–water partition coefficient (Wildman–Crippen LogP) is 2.47. The van der Waals surface area contributed by atoms with Crippen LogP contribution in [0.5, 0.6) is 0 Å². The Bertz CT molecular complexity index is 1320. The zero-order valence-corrected chi connectivity index (χ0v) is 16.3. The lowest BCUT2D eigenvalue weighted by molar-refractivity contribution is 0.592. The van der Waals surface area contributed by atoms with Crippen LogP contribution in [0.3, 0.4) is 0 Å². The molecule has 0 bridgehead atoms. The van der Waals surface area contributed by atoms with E-state index in [1.165, 1.54) is 9.13 Å². The summed E-state index contributed by atoms with van der Waals surface area (Å²) >= 11 is 0. The molecule has 0 saturated carbocycles. The van der Waals surface area contributed by atoms with E-state index in [1.54, 1.807) is 7.05 Å². The van der Waals surface area contributed by atoms with Crippen LogP contribution < -0.4 is 11.2 Å².